The van der Waals surface area contributed by atoms with Gasteiger partial charge in [-0.3, -0.25) is 4.68 Å². The van der Waals surface area contributed by atoms with Gasteiger partial charge in [-0.25, -0.2) is 0 Å². The van der Waals surface area contributed by atoms with Gasteiger partial charge in [-0.2, -0.15) is 5.10 Å². The highest BCUT2D eigenvalue weighted by atomic mass is 35.5. The molecule has 0 amide bonds. The van der Waals surface area contributed by atoms with E-state index in [1.807, 2.05) is 18.8 Å². The topological polar surface area (TPSA) is 29.9 Å². The molecule has 0 bridgehead atoms. The number of hydrogen-bond donors (Lipinski definition) is 1. The Morgan fingerprint density at radius 2 is 2.27 bits per heavy atom. The molecule has 1 heterocycles. The lowest BCUT2D eigenvalue weighted by Gasteiger charge is -2.20. The molecule has 0 radical (unpaired) electrons. The first-order chi connectivity index (χ1) is 7.15. The number of aryl methyl sites for hydroxylation is 1. The SMILES string of the molecule is CNC1CCC(c2c(Cl)cnn2C)C1C. The minimum Gasteiger partial charge on any atom is -0.317 e. The Balaban J connectivity index is 2.26. The number of halogens is 1. The number of rotatable bonds is 2. The normalized spacial score (nSPS) is 31.1. The Morgan fingerprint density at radius 3 is 2.73 bits per heavy atom. The zero-order valence-electron chi connectivity index (χ0n) is 9.50. The highest BCUT2D eigenvalue weighted by Gasteiger charge is 2.35. The molecular weight excluding hydrogens is 210 g/mol. The van der Waals surface area contributed by atoms with E-state index in [0.29, 0.717) is 17.9 Å². The van der Waals surface area contributed by atoms with Crippen LogP contribution in [-0.4, -0.2) is 22.9 Å². The average molecular weight is 228 g/mol. The van der Waals surface area contributed by atoms with E-state index in [4.69, 9.17) is 11.6 Å². The van der Waals surface area contributed by atoms with Crippen molar-refractivity contribution in [2.24, 2.45) is 13.0 Å². The number of nitrogens with one attached hydrogen (secondary N) is 1. The standard InChI is InChI=1S/C11H18ClN3/c1-7-8(4-5-10(7)13-2)11-9(12)6-14-15(11)3/h6-8,10,13H,4-5H2,1-3H3. The number of nitrogens with zero attached hydrogens (tertiary/aromatic N) is 2. The third-order valence-electron chi connectivity index (χ3n) is 3.72. The third-order valence-corrected chi connectivity index (χ3v) is 4.01. The molecule has 0 aromatic carbocycles. The van der Waals surface area contributed by atoms with Crippen LogP contribution in [0.25, 0.3) is 0 Å². The summed E-state index contributed by atoms with van der Waals surface area (Å²) in [4.78, 5) is 0. The quantitative estimate of drug-likeness (QED) is 0.840. The van der Waals surface area contributed by atoms with Crippen molar-refractivity contribution in [3.8, 4) is 0 Å². The molecule has 2 rings (SSSR count). The predicted octanol–water partition coefficient (Wildman–Crippen LogP) is 2.17. The summed E-state index contributed by atoms with van der Waals surface area (Å²) in [6.45, 7) is 2.29. The first kappa shape index (κ1) is 11.0. The Hall–Kier alpha value is -0.540. The molecule has 15 heavy (non-hydrogen) atoms. The molecule has 1 fully saturated rings. The van der Waals surface area contributed by atoms with Gasteiger partial charge in [-0.1, -0.05) is 18.5 Å². The Kier molecular flexibility index (Phi) is 3.03. The highest BCUT2D eigenvalue weighted by Crippen LogP contribution is 2.41. The summed E-state index contributed by atoms with van der Waals surface area (Å²) in [5.41, 5.74) is 1.20. The second-order valence-corrected chi connectivity index (χ2v) is 4.85. The molecule has 1 N–H and O–H groups in total. The van der Waals surface area contributed by atoms with Gasteiger partial charge in [0.25, 0.3) is 0 Å². The van der Waals surface area contributed by atoms with Crippen molar-refractivity contribution in [2.45, 2.75) is 31.7 Å². The van der Waals surface area contributed by atoms with Crippen molar-refractivity contribution in [3.05, 3.63) is 16.9 Å². The van der Waals surface area contributed by atoms with E-state index in [0.717, 1.165) is 5.02 Å². The van der Waals surface area contributed by atoms with E-state index in [9.17, 15) is 0 Å². The van der Waals surface area contributed by atoms with Crippen LogP contribution in [0.1, 0.15) is 31.4 Å². The van der Waals surface area contributed by atoms with Crippen LogP contribution < -0.4 is 5.32 Å². The van der Waals surface area contributed by atoms with E-state index >= 15 is 0 Å². The maximum atomic E-state index is 6.18. The molecule has 3 unspecified atom stereocenters. The maximum Gasteiger partial charge on any atom is 0.0820 e. The molecule has 0 spiro atoms. The maximum absolute atomic E-state index is 6.18. The van der Waals surface area contributed by atoms with Gasteiger partial charge in [0.15, 0.2) is 0 Å². The minimum absolute atomic E-state index is 0.544. The molecular formula is C11H18ClN3. The number of hydrogen-bond acceptors (Lipinski definition) is 2. The second kappa shape index (κ2) is 4.14. The van der Waals surface area contributed by atoms with Crippen LogP contribution in [0.2, 0.25) is 5.02 Å². The molecule has 3 nitrogen and oxygen atoms in total. The van der Waals surface area contributed by atoms with Gasteiger partial charge in [0.1, 0.15) is 0 Å². The van der Waals surface area contributed by atoms with Crippen molar-refractivity contribution in [1.82, 2.24) is 15.1 Å². The fraction of sp³-hybridized carbons (Fsp3) is 0.727. The van der Waals surface area contributed by atoms with E-state index in [-0.39, 0.29) is 0 Å². The molecule has 1 aromatic rings. The summed E-state index contributed by atoms with van der Waals surface area (Å²) in [6.07, 6.45) is 4.17. The van der Waals surface area contributed by atoms with Crippen LogP contribution in [0.15, 0.2) is 6.20 Å². The zero-order valence-corrected chi connectivity index (χ0v) is 10.3. The van der Waals surface area contributed by atoms with Crippen LogP contribution in [0, 0.1) is 5.92 Å². The van der Waals surface area contributed by atoms with Gasteiger partial charge >= 0.3 is 0 Å². The van der Waals surface area contributed by atoms with Crippen molar-refractivity contribution in [3.63, 3.8) is 0 Å². The van der Waals surface area contributed by atoms with E-state index < -0.39 is 0 Å². The summed E-state index contributed by atoms with van der Waals surface area (Å²) >= 11 is 6.18. The summed E-state index contributed by atoms with van der Waals surface area (Å²) in [6, 6.07) is 0.612. The van der Waals surface area contributed by atoms with Gasteiger partial charge in [0.2, 0.25) is 0 Å². The monoisotopic (exact) mass is 227 g/mol. The molecule has 0 saturated heterocycles. The Bertz CT molecular complexity index is 328. The lowest BCUT2D eigenvalue weighted by molar-refractivity contribution is 0.417. The third kappa shape index (κ3) is 1.79. The minimum atomic E-state index is 0.544. The van der Waals surface area contributed by atoms with Crippen LogP contribution >= 0.6 is 11.6 Å². The van der Waals surface area contributed by atoms with Gasteiger partial charge in [0.05, 0.1) is 16.9 Å². The molecule has 1 aliphatic carbocycles. The van der Waals surface area contributed by atoms with Crippen molar-refractivity contribution in [2.75, 3.05) is 7.05 Å². The lowest BCUT2D eigenvalue weighted by atomic mass is 9.92. The molecule has 3 atom stereocenters. The number of aromatic nitrogens is 2. The van der Waals surface area contributed by atoms with E-state index in [2.05, 4.69) is 17.3 Å². The average Bonchev–Trinajstić information content (AvgIpc) is 2.71. The summed E-state index contributed by atoms with van der Waals surface area (Å²) in [5.74, 6) is 1.17. The van der Waals surface area contributed by atoms with Crippen LogP contribution in [0.3, 0.4) is 0 Å². The van der Waals surface area contributed by atoms with Crippen LogP contribution in [-0.2, 0) is 7.05 Å². The molecule has 1 saturated carbocycles. The van der Waals surface area contributed by atoms with Crippen LogP contribution in [0.5, 0.6) is 0 Å². The molecule has 1 aromatic heterocycles. The summed E-state index contributed by atoms with van der Waals surface area (Å²) in [5, 5.41) is 8.39. The second-order valence-electron chi connectivity index (χ2n) is 4.44. The fourth-order valence-electron chi connectivity index (χ4n) is 2.80. The van der Waals surface area contributed by atoms with Crippen molar-refractivity contribution >= 4 is 11.6 Å². The Morgan fingerprint density at radius 1 is 1.53 bits per heavy atom. The largest absolute Gasteiger partial charge is 0.317 e. The zero-order chi connectivity index (χ0) is 11.0. The van der Waals surface area contributed by atoms with Gasteiger partial charge in [-0.05, 0) is 25.8 Å². The highest BCUT2D eigenvalue weighted by molar-refractivity contribution is 6.31. The van der Waals surface area contributed by atoms with E-state index in [1.54, 1.807) is 6.20 Å². The fourth-order valence-corrected chi connectivity index (χ4v) is 3.10. The van der Waals surface area contributed by atoms with E-state index in [1.165, 1.54) is 18.5 Å². The molecule has 84 valence electrons. The molecule has 1 aliphatic rings. The van der Waals surface area contributed by atoms with Crippen molar-refractivity contribution < 1.29 is 0 Å². The summed E-state index contributed by atoms with van der Waals surface area (Å²) in [7, 11) is 4.01. The van der Waals surface area contributed by atoms with Gasteiger partial charge in [-0.15, -0.1) is 0 Å². The van der Waals surface area contributed by atoms with Gasteiger partial charge < -0.3 is 5.32 Å². The lowest BCUT2D eigenvalue weighted by Crippen LogP contribution is -2.29. The Labute approximate surface area is 95.8 Å². The van der Waals surface area contributed by atoms with Crippen molar-refractivity contribution in [1.29, 1.82) is 0 Å². The first-order valence-electron chi connectivity index (χ1n) is 5.49. The smallest absolute Gasteiger partial charge is 0.0820 e. The first-order valence-corrected chi connectivity index (χ1v) is 5.87. The summed E-state index contributed by atoms with van der Waals surface area (Å²) < 4.78 is 1.92. The molecule has 0 aliphatic heterocycles. The molecule has 4 heteroatoms. The van der Waals surface area contributed by atoms with Crippen LogP contribution in [0.4, 0.5) is 0 Å². The predicted molar refractivity (Wildman–Crippen MR) is 62.2 cm³/mol. The van der Waals surface area contributed by atoms with Gasteiger partial charge in [0, 0.05) is 19.0 Å².